The SMILES string of the molecule is NC(=S)c1ccc(OCCCCCCCCc2ccccc2)cc1. The molecule has 0 saturated carbocycles. The fourth-order valence-corrected chi connectivity index (χ4v) is 2.82. The zero-order chi connectivity index (χ0) is 17.0. The Bertz CT molecular complexity index is 595. The second kappa shape index (κ2) is 10.8. The van der Waals surface area contributed by atoms with Crippen LogP contribution in [0, 0.1) is 0 Å². The lowest BCUT2D eigenvalue weighted by Gasteiger charge is -2.07. The molecule has 2 aromatic rings. The van der Waals surface area contributed by atoms with Gasteiger partial charge < -0.3 is 10.5 Å². The van der Waals surface area contributed by atoms with Crippen molar-refractivity contribution < 1.29 is 4.74 Å². The van der Waals surface area contributed by atoms with Gasteiger partial charge in [0.25, 0.3) is 0 Å². The predicted molar refractivity (Wildman–Crippen MR) is 106 cm³/mol. The van der Waals surface area contributed by atoms with Gasteiger partial charge in [0, 0.05) is 5.56 Å². The van der Waals surface area contributed by atoms with E-state index in [0.29, 0.717) is 4.99 Å². The maximum absolute atomic E-state index is 5.74. The molecular weight excluding hydrogens is 314 g/mol. The molecule has 0 aliphatic rings. The van der Waals surface area contributed by atoms with Crippen LogP contribution in [0.1, 0.15) is 49.7 Å². The highest BCUT2D eigenvalue weighted by atomic mass is 32.1. The van der Waals surface area contributed by atoms with Crippen molar-refractivity contribution in [3.05, 3.63) is 65.7 Å². The highest BCUT2D eigenvalue weighted by Gasteiger charge is 1.98. The van der Waals surface area contributed by atoms with Gasteiger partial charge in [0.2, 0.25) is 0 Å². The summed E-state index contributed by atoms with van der Waals surface area (Å²) in [6.45, 7) is 0.774. The number of unbranched alkanes of at least 4 members (excludes halogenated alkanes) is 5. The lowest BCUT2D eigenvalue weighted by atomic mass is 10.1. The number of rotatable bonds is 11. The molecule has 2 N–H and O–H groups in total. The molecular formula is C21H27NOS. The van der Waals surface area contributed by atoms with Crippen molar-refractivity contribution in [1.82, 2.24) is 0 Å². The molecule has 0 aliphatic carbocycles. The molecule has 0 unspecified atom stereocenters. The van der Waals surface area contributed by atoms with E-state index < -0.39 is 0 Å². The van der Waals surface area contributed by atoms with Crippen molar-refractivity contribution in [3.63, 3.8) is 0 Å². The van der Waals surface area contributed by atoms with E-state index in [1.54, 1.807) is 0 Å². The van der Waals surface area contributed by atoms with E-state index in [4.69, 9.17) is 22.7 Å². The molecule has 0 heterocycles. The van der Waals surface area contributed by atoms with E-state index in [2.05, 4.69) is 30.3 Å². The molecule has 0 amide bonds. The first kappa shape index (κ1) is 18.5. The number of nitrogens with two attached hydrogens (primary N) is 1. The molecule has 3 heteroatoms. The Kier molecular flexibility index (Phi) is 8.33. The first-order valence-corrected chi connectivity index (χ1v) is 9.23. The van der Waals surface area contributed by atoms with Crippen molar-refractivity contribution in [2.75, 3.05) is 6.61 Å². The molecule has 0 atom stereocenters. The molecule has 0 fully saturated rings. The molecule has 0 aliphatic heterocycles. The van der Waals surface area contributed by atoms with Crippen LogP contribution in [0.4, 0.5) is 0 Å². The zero-order valence-corrected chi connectivity index (χ0v) is 15.1. The molecule has 0 radical (unpaired) electrons. The van der Waals surface area contributed by atoms with Crippen LogP contribution in [0.3, 0.4) is 0 Å². The Hall–Kier alpha value is -1.87. The van der Waals surface area contributed by atoms with E-state index in [-0.39, 0.29) is 0 Å². The van der Waals surface area contributed by atoms with Crippen molar-refractivity contribution in [2.45, 2.75) is 44.9 Å². The third kappa shape index (κ3) is 7.14. The minimum Gasteiger partial charge on any atom is -0.494 e. The molecule has 2 aromatic carbocycles. The Morgan fingerprint density at radius 1 is 0.792 bits per heavy atom. The minimum absolute atomic E-state index is 0.425. The second-order valence-electron chi connectivity index (χ2n) is 6.09. The summed E-state index contributed by atoms with van der Waals surface area (Å²) in [5.74, 6) is 0.887. The topological polar surface area (TPSA) is 35.2 Å². The van der Waals surface area contributed by atoms with Crippen LogP contribution in [-0.2, 0) is 6.42 Å². The van der Waals surface area contributed by atoms with Gasteiger partial charge in [-0.25, -0.2) is 0 Å². The van der Waals surface area contributed by atoms with Gasteiger partial charge in [-0.05, 0) is 49.1 Å². The normalized spacial score (nSPS) is 10.5. The molecule has 2 nitrogen and oxygen atoms in total. The first-order chi connectivity index (χ1) is 11.8. The van der Waals surface area contributed by atoms with E-state index in [9.17, 15) is 0 Å². The van der Waals surface area contributed by atoms with Crippen LogP contribution in [0.5, 0.6) is 5.75 Å². The van der Waals surface area contributed by atoms with Crippen LogP contribution in [-0.4, -0.2) is 11.6 Å². The van der Waals surface area contributed by atoms with Crippen LogP contribution in [0.2, 0.25) is 0 Å². The number of benzene rings is 2. The average Bonchev–Trinajstić information content (AvgIpc) is 2.61. The molecule has 2 rings (SSSR count). The third-order valence-corrected chi connectivity index (χ3v) is 4.35. The molecule has 0 saturated heterocycles. The Labute approximate surface area is 151 Å². The van der Waals surface area contributed by atoms with Gasteiger partial charge in [-0.1, -0.05) is 68.2 Å². The summed E-state index contributed by atoms with van der Waals surface area (Å²) >= 11 is 4.94. The summed E-state index contributed by atoms with van der Waals surface area (Å²) in [6.07, 6.45) is 8.75. The lowest BCUT2D eigenvalue weighted by molar-refractivity contribution is 0.304. The number of thiocarbonyl (C=S) groups is 1. The number of hydrogen-bond acceptors (Lipinski definition) is 2. The van der Waals surface area contributed by atoms with Gasteiger partial charge >= 0.3 is 0 Å². The largest absolute Gasteiger partial charge is 0.494 e. The highest BCUT2D eigenvalue weighted by molar-refractivity contribution is 7.80. The van der Waals surface area contributed by atoms with E-state index in [1.807, 2.05) is 24.3 Å². The third-order valence-electron chi connectivity index (χ3n) is 4.11. The Morgan fingerprint density at radius 2 is 1.42 bits per heavy atom. The van der Waals surface area contributed by atoms with Crippen molar-refractivity contribution in [3.8, 4) is 5.75 Å². The molecule has 128 valence electrons. The quantitative estimate of drug-likeness (QED) is 0.446. The molecule has 24 heavy (non-hydrogen) atoms. The standard InChI is InChI=1S/C21H27NOS/c22-21(24)19-13-15-20(16-14-19)23-17-9-4-2-1-3-6-10-18-11-7-5-8-12-18/h5,7-8,11-16H,1-4,6,9-10,17H2,(H2,22,24). The zero-order valence-electron chi connectivity index (χ0n) is 14.2. The lowest BCUT2D eigenvalue weighted by Crippen LogP contribution is -2.08. The van der Waals surface area contributed by atoms with E-state index in [0.717, 1.165) is 24.3 Å². The second-order valence-corrected chi connectivity index (χ2v) is 6.53. The minimum atomic E-state index is 0.425. The predicted octanol–water partition coefficient (Wildman–Crippen LogP) is 5.28. The van der Waals surface area contributed by atoms with Crippen LogP contribution in [0.15, 0.2) is 54.6 Å². The molecule has 0 spiro atoms. The monoisotopic (exact) mass is 341 g/mol. The maximum atomic E-state index is 5.74. The van der Waals surface area contributed by atoms with E-state index >= 15 is 0 Å². The summed E-state index contributed by atoms with van der Waals surface area (Å²) in [4.78, 5) is 0.425. The van der Waals surface area contributed by atoms with Gasteiger partial charge in [-0.15, -0.1) is 0 Å². The first-order valence-electron chi connectivity index (χ1n) is 8.82. The summed E-state index contributed by atoms with van der Waals surface area (Å²) in [7, 11) is 0. The fraction of sp³-hybridized carbons (Fsp3) is 0.381. The average molecular weight is 342 g/mol. The van der Waals surface area contributed by atoms with Crippen molar-refractivity contribution in [2.24, 2.45) is 5.73 Å². The summed E-state index contributed by atoms with van der Waals surface area (Å²) in [5.41, 5.74) is 7.91. The van der Waals surface area contributed by atoms with E-state index in [1.165, 1.54) is 44.1 Å². The van der Waals surface area contributed by atoms with Crippen molar-refractivity contribution in [1.29, 1.82) is 0 Å². The van der Waals surface area contributed by atoms with Gasteiger partial charge in [-0.2, -0.15) is 0 Å². The van der Waals surface area contributed by atoms with Gasteiger partial charge in [0.05, 0.1) is 6.61 Å². The highest BCUT2D eigenvalue weighted by Crippen LogP contribution is 2.14. The summed E-state index contributed by atoms with van der Waals surface area (Å²) in [6, 6.07) is 18.4. The fourth-order valence-electron chi connectivity index (χ4n) is 2.69. The summed E-state index contributed by atoms with van der Waals surface area (Å²) in [5, 5.41) is 0. The van der Waals surface area contributed by atoms with Crippen LogP contribution in [0.25, 0.3) is 0 Å². The van der Waals surface area contributed by atoms with Gasteiger partial charge in [0.15, 0.2) is 0 Å². The number of hydrogen-bond donors (Lipinski definition) is 1. The number of aryl methyl sites for hydroxylation is 1. The van der Waals surface area contributed by atoms with Crippen LogP contribution < -0.4 is 10.5 Å². The molecule has 0 aromatic heterocycles. The Morgan fingerprint density at radius 3 is 2.08 bits per heavy atom. The van der Waals surface area contributed by atoms with Gasteiger partial charge in [0.1, 0.15) is 10.7 Å². The number of ether oxygens (including phenoxy) is 1. The summed E-state index contributed by atoms with van der Waals surface area (Å²) < 4.78 is 5.74. The molecule has 0 bridgehead atoms. The van der Waals surface area contributed by atoms with Crippen LogP contribution >= 0.6 is 12.2 Å². The van der Waals surface area contributed by atoms with Gasteiger partial charge in [-0.3, -0.25) is 0 Å². The smallest absolute Gasteiger partial charge is 0.119 e. The Balaban J connectivity index is 1.46. The van der Waals surface area contributed by atoms with Crippen molar-refractivity contribution >= 4 is 17.2 Å². The maximum Gasteiger partial charge on any atom is 0.119 e.